The van der Waals surface area contributed by atoms with Crippen molar-refractivity contribution in [1.82, 2.24) is 14.9 Å². The quantitative estimate of drug-likeness (QED) is 0.631. The Labute approximate surface area is 155 Å². The summed E-state index contributed by atoms with van der Waals surface area (Å²) < 4.78 is 26.0. The Bertz CT molecular complexity index is 715. The van der Waals surface area contributed by atoms with E-state index in [4.69, 9.17) is 0 Å². The van der Waals surface area contributed by atoms with Gasteiger partial charge in [0.15, 0.2) is 0 Å². The van der Waals surface area contributed by atoms with Crippen LogP contribution in [0, 0.1) is 5.92 Å². The zero-order valence-electron chi connectivity index (χ0n) is 15.9. The Kier molecular flexibility index (Phi) is 8.04. The molecule has 0 saturated heterocycles. The van der Waals surface area contributed by atoms with Gasteiger partial charge in [0.05, 0.1) is 11.4 Å². The third-order valence-electron chi connectivity index (χ3n) is 3.64. The highest BCUT2D eigenvalue weighted by Gasteiger charge is 2.22. The molecule has 0 heterocycles. The molecule has 0 aliphatic carbocycles. The van der Waals surface area contributed by atoms with E-state index in [-0.39, 0.29) is 17.5 Å². The maximum absolute atomic E-state index is 12.4. The van der Waals surface area contributed by atoms with E-state index in [2.05, 4.69) is 16.0 Å². The monoisotopic (exact) mass is 384 g/mol. The molecule has 3 N–H and O–H groups in total. The Balaban J connectivity index is 2.58. The van der Waals surface area contributed by atoms with Gasteiger partial charge in [-0.05, 0) is 44.0 Å². The first-order valence-corrected chi connectivity index (χ1v) is 9.87. The Morgan fingerprint density at radius 2 is 1.65 bits per heavy atom. The molecule has 0 atom stereocenters. The molecular weight excluding hydrogens is 356 g/mol. The normalized spacial score (nSPS) is 11.7. The fourth-order valence-electron chi connectivity index (χ4n) is 1.88. The Morgan fingerprint density at radius 3 is 2.15 bits per heavy atom. The van der Waals surface area contributed by atoms with Crippen molar-refractivity contribution in [2.75, 3.05) is 25.5 Å². The van der Waals surface area contributed by atoms with Crippen LogP contribution in [0.3, 0.4) is 0 Å². The lowest BCUT2D eigenvalue weighted by Gasteiger charge is -2.21. The summed E-state index contributed by atoms with van der Waals surface area (Å²) in [5.41, 5.74) is 0.578. The molecule has 1 rings (SSSR count). The van der Waals surface area contributed by atoms with Crippen molar-refractivity contribution >= 4 is 27.6 Å². The molecule has 1 aromatic rings. The first-order chi connectivity index (χ1) is 12.0. The van der Waals surface area contributed by atoms with Crippen LogP contribution < -0.4 is 16.0 Å². The van der Waals surface area contributed by atoms with Gasteiger partial charge in [-0.1, -0.05) is 13.8 Å². The van der Waals surface area contributed by atoms with Crippen molar-refractivity contribution in [3.8, 4) is 0 Å². The fraction of sp³-hybridized carbons (Fsp3) is 0.529. The van der Waals surface area contributed by atoms with Crippen LogP contribution in [0.25, 0.3) is 0 Å². The van der Waals surface area contributed by atoms with Crippen LogP contribution in [-0.4, -0.2) is 50.8 Å². The highest BCUT2D eigenvalue weighted by Crippen LogP contribution is 2.18. The summed E-state index contributed by atoms with van der Waals surface area (Å²) in [5, 5.41) is 7.64. The number of rotatable bonds is 8. The molecule has 8 nitrogen and oxygen atoms in total. The van der Waals surface area contributed by atoms with E-state index in [0.29, 0.717) is 18.2 Å². The molecule has 9 heteroatoms. The zero-order chi connectivity index (χ0) is 19.9. The van der Waals surface area contributed by atoms with Gasteiger partial charge in [0.1, 0.15) is 0 Å². The summed E-state index contributed by atoms with van der Waals surface area (Å²) in [7, 11) is -2.01. The molecule has 0 radical (unpaired) electrons. The molecule has 3 amide bonds. The molecule has 0 bridgehead atoms. The number of benzene rings is 1. The number of hydrogen-bond acceptors (Lipinski definition) is 5. The van der Waals surface area contributed by atoms with Gasteiger partial charge in [-0.25, -0.2) is 13.2 Å². The second-order valence-electron chi connectivity index (χ2n) is 6.64. The van der Waals surface area contributed by atoms with E-state index in [1.54, 1.807) is 26.0 Å². The highest BCUT2D eigenvalue weighted by atomic mass is 32.2. The zero-order valence-corrected chi connectivity index (χ0v) is 16.7. The van der Waals surface area contributed by atoms with Crippen LogP contribution in [0.4, 0.5) is 10.5 Å². The standard InChI is InChI=1S/C17H28N4O4S/c1-12(2)10-19-17(23)20-16(22)11-18-14-6-8-15(9-7-14)26(24,25)21(5)13(3)4/h6-9,12-13,18H,10-11H2,1-5H3,(H2,19,20,22,23). The smallest absolute Gasteiger partial charge is 0.321 e. The van der Waals surface area contributed by atoms with Gasteiger partial charge in [0, 0.05) is 25.3 Å². The molecular formula is C17H28N4O4S. The van der Waals surface area contributed by atoms with E-state index in [0.717, 1.165) is 0 Å². The first kappa shape index (κ1) is 21.9. The van der Waals surface area contributed by atoms with Crippen molar-refractivity contribution < 1.29 is 18.0 Å². The van der Waals surface area contributed by atoms with Gasteiger partial charge in [-0.3, -0.25) is 10.1 Å². The number of amides is 3. The van der Waals surface area contributed by atoms with Gasteiger partial charge >= 0.3 is 6.03 Å². The minimum atomic E-state index is -3.54. The van der Waals surface area contributed by atoms with Crippen molar-refractivity contribution in [1.29, 1.82) is 0 Å². The summed E-state index contributed by atoms with van der Waals surface area (Å²) in [6.07, 6.45) is 0. The molecule has 26 heavy (non-hydrogen) atoms. The first-order valence-electron chi connectivity index (χ1n) is 8.43. The number of sulfonamides is 1. The van der Waals surface area contributed by atoms with Gasteiger partial charge in [0.2, 0.25) is 15.9 Å². The van der Waals surface area contributed by atoms with Crippen LogP contribution in [0.1, 0.15) is 27.7 Å². The summed E-state index contributed by atoms with van der Waals surface area (Å²) in [6.45, 7) is 7.87. The number of imide groups is 1. The molecule has 0 spiro atoms. The number of nitrogens with one attached hydrogen (secondary N) is 3. The molecule has 1 aromatic carbocycles. The van der Waals surface area contributed by atoms with Crippen molar-refractivity contribution in [3.05, 3.63) is 24.3 Å². The van der Waals surface area contributed by atoms with Gasteiger partial charge in [-0.15, -0.1) is 0 Å². The van der Waals surface area contributed by atoms with Gasteiger partial charge < -0.3 is 10.6 Å². The Morgan fingerprint density at radius 1 is 1.08 bits per heavy atom. The average Bonchev–Trinajstić information content (AvgIpc) is 2.57. The average molecular weight is 385 g/mol. The summed E-state index contributed by atoms with van der Waals surface area (Å²) in [6, 6.07) is 5.42. The van der Waals surface area contributed by atoms with E-state index in [1.807, 2.05) is 13.8 Å². The second-order valence-corrected chi connectivity index (χ2v) is 8.64. The van der Waals surface area contributed by atoms with Crippen LogP contribution >= 0.6 is 0 Å². The SMILES string of the molecule is CC(C)CNC(=O)NC(=O)CNc1ccc(S(=O)(=O)N(C)C(C)C)cc1. The second kappa shape index (κ2) is 9.54. The van der Waals surface area contributed by atoms with Crippen molar-refractivity contribution in [2.24, 2.45) is 5.92 Å². The number of carbonyl (C=O) groups is 2. The van der Waals surface area contributed by atoms with E-state index in [9.17, 15) is 18.0 Å². The summed E-state index contributed by atoms with van der Waals surface area (Å²) in [4.78, 5) is 23.4. The number of urea groups is 1. The number of anilines is 1. The number of carbonyl (C=O) groups excluding carboxylic acids is 2. The molecule has 146 valence electrons. The fourth-order valence-corrected chi connectivity index (χ4v) is 3.25. The van der Waals surface area contributed by atoms with Crippen LogP contribution in [0.15, 0.2) is 29.2 Å². The minimum Gasteiger partial charge on any atom is -0.376 e. The maximum atomic E-state index is 12.4. The summed E-state index contributed by atoms with van der Waals surface area (Å²) >= 11 is 0. The Hall–Kier alpha value is -2.13. The van der Waals surface area contributed by atoms with Gasteiger partial charge in [-0.2, -0.15) is 4.31 Å². The highest BCUT2D eigenvalue weighted by molar-refractivity contribution is 7.89. The molecule has 0 unspecified atom stereocenters. The predicted octanol–water partition coefficient (Wildman–Crippen LogP) is 1.61. The van der Waals surface area contributed by atoms with Crippen LogP contribution in [0.5, 0.6) is 0 Å². The van der Waals surface area contributed by atoms with Crippen molar-refractivity contribution in [2.45, 2.75) is 38.6 Å². The molecule has 0 saturated carbocycles. The number of nitrogens with zero attached hydrogens (tertiary/aromatic N) is 1. The van der Waals surface area contributed by atoms with Crippen molar-refractivity contribution in [3.63, 3.8) is 0 Å². The van der Waals surface area contributed by atoms with Crippen LogP contribution in [0.2, 0.25) is 0 Å². The maximum Gasteiger partial charge on any atom is 0.321 e. The van der Waals surface area contributed by atoms with Crippen LogP contribution in [-0.2, 0) is 14.8 Å². The lowest BCUT2D eigenvalue weighted by atomic mass is 10.2. The van der Waals surface area contributed by atoms with E-state index < -0.39 is 22.0 Å². The molecule has 0 aliphatic heterocycles. The third kappa shape index (κ3) is 6.64. The molecule has 0 aliphatic rings. The third-order valence-corrected chi connectivity index (χ3v) is 5.68. The summed E-state index contributed by atoms with van der Waals surface area (Å²) in [5.74, 6) is -0.194. The molecule has 0 fully saturated rings. The predicted molar refractivity (Wildman–Crippen MR) is 101 cm³/mol. The lowest BCUT2D eigenvalue weighted by molar-refractivity contribution is -0.118. The molecule has 0 aromatic heterocycles. The number of hydrogen-bond donors (Lipinski definition) is 3. The topological polar surface area (TPSA) is 108 Å². The van der Waals surface area contributed by atoms with E-state index >= 15 is 0 Å². The van der Waals surface area contributed by atoms with E-state index in [1.165, 1.54) is 23.5 Å². The largest absolute Gasteiger partial charge is 0.376 e. The lowest BCUT2D eigenvalue weighted by Crippen LogP contribution is -2.43. The van der Waals surface area contributed by atoms with Gasteiger partial charge in [0.25, 0.3) is 0 Å². The minimum absolute atomic E-state index is 0.104.